The summed E-state index contributed by atoms with van der Waals surface area (Å²) in [7, 11) is 3.67. The smallest absolute Gasteiger partial charge is 0.194 e. The third-order valence-electron chi connectivity index (χ3n) is 5.92. The van der Waals surface area contributed by atoms with Crippen molar-refractivity contribution < 1.29 is 4.74 Å². The van der Waals surface area contributed by atoms with Crippen molar-refractivity contribution in [2.24, 2.45) is 12.0 Å². The van der Waals surface area contributed by atoms with Crippen molar-refractivity contribution in [1.82, 2.24) is 25.0 Å². The lowest BCUT2D eigenvalue weighted by Crippen LogP contribution is -2.40. The van der Waals surface area contributed by atoms with Crippen molar-refractivity contribution >= 4 is 5.96 Å². The topological polar surface area (TPSA) is 67.6 Å². The van der Waals surface area contributed by atoms with Crippen LogP contribution in [0.3, 0.4) is 0 Å². The molecule has 1 fully saturated rings. The average molecular weight is 419 g/mol. The minimum absolute atomic E-state index is 0.520. The first-order valence-corrected chi connectivity index (χ1v) is 10.7. The van der Waals surface area contributed by atoms with Gasteiger partial charge in [0.25, 0.3) is 0 Å². The monoisotopic (exact) mass is 418 g/mol. The first-order chi connectivity index (χ1) is 15.1. The fourth-order valence-electron chi connectivity index (χ4n) is 3.88. The molecule has 2 heterocycles. The number of aromatic nitrogens is 3. The molecule has 0 saturated carbocycles. The maximum Gasteiger partial charge on any atom is 0.194 e. The predicted octanol–water partition coefficient (Wildman–Crippen LogP) is 3.27. The maximum absolute atomic E-state index is 5.26. The molecule has 162 valence electrons. The first-order valence-electron chi connectivity index (χ1n) is 10.7. The highest BCUT2D eigenvalue weighted by molar-refractivity contribution is 5.80. The van der Waals surface area contributed by atoms with Crippen LogP contribution >= 0.6 is 0 Å². The van der Waals surface area contributed by atoms with E-state index in [4.69, 9.17) is 9.73 Å². The summed E-state index contributed by atoms with van der Waals surface area (Å²) in [4.78, 5) is 7.30. The Hall–Kier alpha value is -3.35. The van der Waals surface area contributed by atoms with Gasteiger partial charge in [0.2, 0.25) is 0 Å². The SMILES string of the molecule is COc1ccc(CN=C(NCc2nnc(C)n2C)N2CCC(c3ccccc3)C2)cc1. The van der Waals surface area contributed by atoms with Crippen LogP contribution in [0.25, 0.3) is 0 Å². The Morgan fingerprint density at radius 2 is 1.90 bits per heavy atom. The van der Waals surface area contributed by atoms with Crippen LogP contribution in [0, 0.1) is 6.92 Å². The Kier molecular flexibility index (Phi) is 6.50. The Balaban J connectivity index is 1.49. The summed E-state index contributed by atoms with van der Waals surface area (Å²) >= 11 is 0. The number of rotatable bonds is 6. The molecule has 0 aliphatic carbocycles. The Bertz CT molecular complexity index is 1010. The summed E-state index contributed by atoms with van der Waals surface area (Å²) in [6.45, 7) is 5.09. The molecule has 0 amide bonds. The van der Waals surface area contributed by atoms with Crippen LogP contribution in [0.1, 0.15) is 35.1 Å². The highest BCUT2D eigenvalue weighted by Gasteiger charge is 2.26. The molecule has 2 aromatic carbocycles. The Labute approximate surface area is 183 Å². The van der Waals surface area contributed by atoms with Crippen LogP contribution in [0.2, 0.25) is 0 Å². The second kappa shape index (κ2) is 9.64. The van der Waals surface area contributed by atoms with Crippen LogP contribution in [-0.2, 0) is 20.1 Å². The Morgan fingerprint density at radius 1 is 1.13 bits per heavy atom. The van der Waals surface area contributed by atoms with Gasteiger partial charge in [-0.05, 0) is 36.6 Å². The summed E-state index contributed by atoms with van der Waals surface area (Å²) in [6, 6.07) is 18.8. The van der Waals surface area contributed by atoms with Crippen LogP contribution in [0.4, 0.5) is 0 Å². The van der Waals surface area contributed by atoms with Crippen molar-refractivity contribution in [2.75, 3.05) is 20.2 Å². The molecule has 1 N–H and O–H groups in total. The van der Waals surface area contributed by atoms with E-state index in [1.807, 2.05) is 30.7 Å². The normalized spacial score (nSPS) is 16.5. The van der Waals surface area contributed by atoms with Gasteiger partial charge in [-0.15, -0.1) is 10.2 Å². The summed E-state index contributed by atoms with van der Waals surface area (Å²) in [6.07, 6.45) is 1.12. The van der Waals surface area contributed by atoms with E-state index in [0.29, 0.717) is 19.0 Å². The molecule has 1 aliphatic rings. The number of nitrogens with one attached hydrogen (secondary N) is 1. The zero-order valence-electron chi connectivity index (χ0n) is 18.5. The zero-order valence-corrected chi connectivity index (χ0v) is 18.5. The van der Waals surface area contributed by atoms with Crippen LogP contribution in [0.5, 0.6) is 5.75 Å². The lowest BCUT2D eigenvalue weighted by molar-refractivity contribution is 0.414. The molecule has 1 aromatic heterocycles. The molecule has 3 aromatic rings. The molecule has 1 saturated heterocycles. The number of hydrogen-bond acceptors (Lipinski definition) is 4. The minimum atomic E-state index is 0.520. The highest BCUT2D eigenvalue weighted by Crippen LogP contribution is 2.27. The molecule has 7 heteroatoms. The molecule has 0 spiro atoms. The largest absolute Gasteiger partial charge is 0.497 e. The number of aryl methyl sites for hydroxylation is 1. The van der Waals surface area contributed by atoms with E-state index in [9.17, 15) is 0 Å². The van der Waals surface area contributed by atoms with E-state index in [1.165, 1.54) is 5.56 Å². The second-order valence-corrected chi connectivity index (χ2v) is 7.91. The number of guanidine groups is 1. The fraction of sp³-hybridized carbons (Fsp3) is 0.375. The zero-order chi connectivity index (χ0) is 21.6. The lowest BCUT2D eigenvalue weighted by atomic mass is 9.99. The van der Waals surface area contributed by atoms with E-state index in [0.717, 1.165) is 48.4 Å². The standard InChI is InChI=1S/C24H30N6O/c1-18-27-28-23(29(18)2)16-26-24(25-15-19-9-11-22(31-3)12-10-19)30-14-13-21(17-30)20-7-5-4-6-8-20/h4-12,21H,13-17H2,1-3H3,(H,25,26). The predicted molar refractivity (Wildman–Crippen MR) is 122 cm³/mol. The molecule has 1 unspecified atom stereocenters. The number of benzene rings is 2. The molecule has 0 radical (unpaired) electrons. The first kappa shape index (κ1) is 20.9. The van der Waals surface area contributed by atoms with Gasteiger partial charge < -0.3 is 19.5 Å². The van der Waals surface area contributed by atoms with Crippen molar-refractivity contribution in [3.8, 4) is 5.75 Å². The molecule has 4 rings (SSSR count). The molecule has 1 atom stereocenters. The number of ether oxygens (including phenoxy) is 1. The third kappa shape index (κ3) is 5.05. The quantitative estimate of drug-likeness (QED) is 0.492. The minimum Gasteiger partial charge on any atom is -0.497 e. The van der Waals surface area contributed by atoms with Gasteiger partial charge in [0.15, 0.2) is 11.8 Å². The highest BCUT2D eigenvalue weighted by atomic mass is 16.5. The van der Waals surface area contributed by atoms with Crippen molar-refractivity contribution in [3.05, 3.63) is 77.4 Å². The van der Waals surface area contributed by atoms with Gasteiger partial charge in [-0.3, -0.25) is 0 Å². The van der Waals surface area contributed by atoms with Crippen LogP contribution < -0.4 is 10.1 Å². The molecule has 7 nitrogen and oxygen atoms in total. The van der Waals surface area contributed by atoms with Crippen molar-refractivity contribution in [3.63, 3.8) is 0 Å². The van der Waals surface area contributed by atoms with Crippen molar-refractivity contribution in [1.29, 1.82) is 0 Å². The number of nitrogens with zero attached hydrogens (tertiary/aromatic N) is 5. The number of aliphatic imine (C=N–C) groups is 1. The van der Waals surface area contributed by atoms with Crippen LogP contribution in [0.15, 0.2) is 59.6 Å². The fourth-order valence-corrected chi connectivity index (χ4v) is 3.88. The van der Waals surface area contributed by atoms with Gasteiger partial charge >= 0.3 is 0 Å². The van der Waals surface area contributed by atoms with Crippen LogP contribution in [-0.4, -0.2) is 45.8 Å². The van der Waals surface area contributed by atoms with E-state index in [-0.39, 0.29) is 0 Å². The summed E-state index contributed by atoms with van der Waals surface area (Å²) < 4.78 is 7.26. The van der Waals surface area contributed by atoms with Crippen molar-refractivity contribution in [2.45, 2.75) is 32.4 Å². The molecule has 1 aliphatic heterocycles. The summed E-state index contributed by atoms with van der Waals surface area (Å²) in [5.74, 6) is 4.09. The van der Waals surface area contributed by atoms with Gasteiger partial charge in [0.1, 0.15) is 11.6 Å². The average Bonchev–Trinajstić information content (AvgIpc) is 3.43. The lowest BCUT2D eigenvalue weighted by Gasteiger charge is -2.22. The van der Waals surface area contributed by atoms with E-state index >= 15 is 0 Å². The van der Waals surface area contributed by atoms with E-state index in [1.54, 1.807) is 7.11 Å². The summed E-state index contributed by atoms with van der Waals surface area (Å²) in [5, 5.41) is 12.0. The summed E-state index contributed by atoms with van der Waals surface area (Å²) in [5.41, 5.74) is 2.54. The van der Waals surface area contributed by atoms with Gasteiger partial charge in [0, 0.05) is 26.1 Å². The van der Waals surface area contributed by atoms with Gasteiger partial charge in [-0.1, -0.05) is 42.5 Å². The Morgan fingerprint density at radius 3 is 2.58 bits per heavy atom. The van der Waals surface area contributed by atoms with E-state index in [2.05, 4.69) is 62.9 Å². The molecular formula is C24H30N6O. The van der Waals surface area contributed by atoms with E-state index < -0.39 is 0 Å². The molecule has 0 bridgehead atoms. The second-order valence-electron chi connectivity index (χ2n) is 7.91. The number of likely N-dealkylation sites (tertiary alicyclic amines) is 1. The van der Waals surface area contributed by atoms with Gasteiger partial charge in [-0.25, -0.2) is 4.99 Å². The van der Waals surface area contributed by atoms with Gasteiger partial charge in [0.05, 0.1) is 20.2 Å². The third-order valence-corrected chi connectivity index (χ3v) is 5.92. The maximum atomic E-state index is 5.26. The number of hydrogen-bond donors (Lipinski definition) is 1. The molecular weight excluding hydrogens is 388 g/mol. The molecule has 31 heavy (non-hydrogen) atoms. The van der Waals surface area contributed by atoms with Gasteiger partial charge in [-0.2, -0.15) is 0 Å². The number of methoxy groups -OCH3 is 1.